The van der Waals surface area contributed by atoms with Crippen LogP contribution in [0.1, 0.15) is 0 Å². The minimum atomic E-state index is -0.0897. The second-order valence-electron chi connectivity index (χ2n) is 4.55. The van der Waals surface area contributed by atoms with Crippen molar-refractivity contribution < 1.29 is 0 Å². The minimum absolute atomic E-state index is 0.0897. The third-order valence-electron chi connectivity index (χ3n) is 3.03. The Kier molecular flexibility index (Phi) is 4.17. The largest absolute Gasteiger partial charge is 0.301 e. The van der Waals surface area contributed by atoms with E-state index in [0.717, 1.165) is 11.3 Å². The van der Waals surface area contributed by atoms with E-state index in [9.17, 15) is 4.79 Å². The number of hydrogen-bond donors (Lipinski definition) is 1. The number of para-hydroxylation sites is 1. The van der Waals surface area contributed by atoms with Crippen molar-refractivity contribution in [3.05, 3.63) is 82.7 Å². The number of aromatic amines is 1. The van der Waals surface area contributed by atoms with Crippen molar-refractivity contribution in [2.75, 3.05) is 5.75 Å². The van der Waals surface area contributed by atoms with Gasteiger partial charge in [-0.05, 0) is 17.7 Å². The third-order valence-corrected chi connectivity index (χ3v) is 3.98. The lowest BCUT2D eigenvalue weighted by Gasteiger charge is -2.04. The Balaban J connectivity index is 1.81. The van der Waals surface area contributed by atoms with E-state index < -0.39 is 0 Å². The van der Waals surface area contributed by atoms with E-state index >= 15 is 0 Å². The zero-order chi connectivity index (χ0) is 14.5. The van der Waals surface area contributed by atoms with Gasteiger partial charge < -0.3 is 4.98 Å². The van der Waals surface area contributed by atoms with Crippen LogP contribution in [0, 0.1) is 0 Å². The van der Waals surface area contributed by atoms with Gasteiger partial charge in [-0.25, -0.2) is 4.98 Å². The number of aromatic nitrogens is 2. The zero-order valence-electron chi connectivity index (χ0n) is 11.3. The molecule has 1 aromatic heterocycles. The number of nitrogens with one attached hydrogen (secondary N) is 1. The lowest BCUT2D eigenvalue weighted by Crippen LogP contribution is -2.09. The molecule has 1 heterocycles. The zero-order valence-corrected chi connectivity index (χ0v) is 12.1. The number of benzene rings is 1. The molecule has 1 N–H and O–H groups in total. The van der Waals surface area contributed by atoms with Crippen molar-refractivity contribution in [2.24, 2.45) is 0 Å². The molecule has 0 saturated carbocycles. The van der Waals surface area contributed by atoms with Crippen molar-refractivity contribution in [3.63, 3.8) is 0 Å². The molecule has 0 aliphatic heterocycles. The van der Waals surface area contributed by atoms with Crippen LogP contribution in [0.4, 0.5) is 0 Å². The summed E-state index contributed by atoms with van der Waals surface area (Å²) in [5, 5.41) is 1.27. The van der Waals surface area contributed by atoms with Crippen molar-refractivity contribution >= 4 is 22.7 Å². The molecule has 3 nitrogen and oxygen atoms in total. The second kappa shape index (κ2) is 6.41. The van der Waals surface area contributed by atoms with Gasteiger partial charge in [-0.3, -0.25) is 4.79 Å². The van der Waals surface area contributed by atoms with Gasteiger partial charge in [-0.1, -0.05) is 66.4 Å². The second-order valence-corrected chi connectivity index (χ2v) is 5.51. The van der Waals surface area contributed by atoms with Crippen LogP contribution >= 0.6 is 11.8 Å². The minimum Gasteiger partial charge on any atom is -0.301 e. The van der Waals surface area contributed by atoms with Gasteiger partial charge in [0.25, 0.3) is 5.56 Å². The summed E-state index contributed by atoms with van der Waals surface area (Å²) in [6.07, 6.45) is 14.1. The molecule has 21 heavy (non-hydrogen) atoms. The summed E-state index contributed by atoms with van der Waals surface area (Å²) in [7, 11) is 0. The van der Waals surface area contributed by atoms with Crippen molar-refractivity contribution in [3.8, 4) is 0 Å². The molecule has 0 radical (unpaired) electrons. The third kappa shape index (κ3) is 3.41. The molecule has 2 aromatic rings. The van der Waals surface area contributed by atoms with Crippen LogP contribution in [0.3, 0.4) is 0 Å². The van der Waals surface area contributed by atoms with Crippen LogP contribution in [0.25, 0.3) is 10.9 Å². The SMILES string of the molecule is O=c1[nH]c(SCC2=C/C=C\C=C/C=C\2)nc2ccccc12. The lowest BCUT2D eigenvalue weighted by molar-refractivity contribution is 0.976. The van der Waals surface area contributed by atoms with Crippen LogP contribution in [0.5, 0.6) is 0 Å². The molecule has 1 aromatic carbocycles. The van der Waals surface area contributed by atoms with Gasteiger partial charge in [0.05, 0.1) is 10.9 Å². The first kappa shape index (κ1) is 13.6. The van der Waals surface area contributed by atoms with Crippen LogP contribution in [0.15, 0.2) is 82.3 Å². The normalized spacial score (nSPS) is 21.0. The summed E-state index contributed by atoms with van der Waals surface area (Å²) >= 11 is 1.53. The molecule has 0 fully saturated rings. The Labute approximate surface area is 126 Å². The quantitative estimate of drug-likeness (QED) is 0.694. The molecule has 4 heteroatoms. The molecule has 0 bridgehead atoms. The van der Waals surface area contributed by atoms with E-state index in [-0.39, 0.29) is 5.56 Å². The topological polar surface area (TPSA) is 45.8 Å². The first-order chi connectivity index (χ1) is 10.3. The lowest BCUT2D eigenvalue weighted by atomic mass is 10.2. The van der Waals surface area contributed by atoms with E-state index in [0.29, 0.717) is 10.5 Å². The van der Waals surface area contributed by atoms with Gasteiger partial charge in [0.15, 0.2) is 5.16 Å². The number of allylic oxidation sites excluding steroid dienone is 7. The van der Waals surface area contributed by atoms with Gasteiger partial charge in [0, 0.05) is 5.75 Å². The molecule has 0 amide bonds. The summed E-state index contributed by atoms with van der Waals surface area (Å²) in [5.41, 5.74) is 1.82. The van der Waals surface area contributed by atoms with E-state index in [2.05, 4.69) is 22.1 Å². The predicted octanol–water partition coefficient (Wildman–Crippen LogP) is 3.62. The van der Waals surface area contributed by atoms with Crippen LogP contribution in [0.2, 0.25) is 0 Å². The van der Waals surface area contributed by atoms with Gasteiger partial charge in [-0.2, -0.15) is 0 Å². The molecular weight excluding hydrogens is 280 g/mol. The number of fused-ring (bicyclic) bond motifs is 1. The monoisotopic (exact) mass is 294 g/mol. The smallest absolute Gasteiger partial charge is 0.259 e. The molecule has 3 rings (SSSR count). The first-order valence-corrected chi connectivity index (χ1v) is 7.64. The van der Waals surface area contributed by atoms with Crippen LogP contribution < -0.4 is 5.56 Å². The van der Waals surface area contributed by atoms with Gasteiger partial charge in [0.1, 0.15) is 0 Å². The summed E-state index contributed by atoms with van der Waals surface area (Å²) in [5.74, 6) is 0.760. The van der Waals surface area contributed by atoms with Crippen molar-refractivity contribution in [1.82, 2.24) is 9.97 Å². The summed E-state index contributed by atoms with van der Waals surface area (Å²) in [4.78, 5) is 19.3. The Hall–Kier alpha value is -2.33. The average molecular weight is 294 g/mol. The highest BCUT2D eigenvalue weighted by atomic mass is 32.2. The fraction of sp³-hybridized carbons (Fsp3) is 0.0588. The van der Waals surface area contributed by atoms with Gasteiger partial charge >= 0.3 is 0 Å². The molecule has 1 aliphatic rings. The van der Waals surface area contributed by atoms with Crippen molar-refractivity contribution in [2.45, 2.75) is 5.16 Å². The number of hydrogen-bond acceptors (Lipinski definition) is 3. The van der Waals surface area contributed by atoms with E-state index in [1.165, 1.54) is 17.3 Å². The van der Waals surface area contributed by atoms with E-state index in [4.69, 9.17) is 0 Å². The Morgan fingerprint density at radius 1 is 1.05 bits per heavy atom. The maximum absolute atomic E-state index is 12.0. The highest BCUT2D eigenvalue weighted by molar-refractivity contribution is 7.99. The summed E-state index contributed by atoms with van der Waals surface area (Å²) in [6, 6.07) is 7.38. The maximum Gasteiger partial charge on any atom is 0.259 e. The molecular formula is C17H14N2OS. The summed E-state index contributed by atoms with van der Waals surface area (Å²) in [6.45, 7) is 0. The number of thioether (sulfide) groups is 1. The molecule has 104 valence electrons. The van der Waals surface area contributed by atoms with E-state index in [1.54, 1.807) is 6.07 Å². The number of nitrogens with zero attached hydrogens (tertiary/aromatic N) is 1. The standard InChI is InChI=1S/C17H14N2OS/c20-16-14-10-6-7-11-15(14)18-17(19-16)21-12-13-8-4-2-1-3-5-9-13/h1-11H,12H2,(H,18,19,20)/b2-1-,3-1?,4-2?,5-3-,8-4-,9-5?,13-8?,13-9+. The van der Waals surface area contributed by atoms with Gasteiger partial charge in [-0.15, -0.1) is 0 Å². The number of H-pyrrole nitrogens is 1. The summed E-state index contributed by atoms with van der Waals surface area (Å²) < 4.78 is 0. The Morgan fingerprint density at radius 2 is 1.86 bits per heavy atom. The van der Waals surface area contributed by atoms with Crippen molar-refractivity contribution in [1.29, 1.82) is 0 Å². The fourth-order valence-corrected chi connectivity index (χ4v) is 2.81. The van der Waals surface area contributed by atoms with E-state index in [1.807, 2.05) is 48.6 Å². The predicted molar refractivity (Wildman–Crippen MR) is 88.6 cm³/mol. The Bertz CT molecular complexity index is 828. The molecule has 0 atom stereocenters. The molecule has 0 unspecified atom stereocenters. The highest BCUT2D eigenvalue weighted by Crippen LogP contribution is 2.18. The Morgan fingerprint density at radius 3 is 2.81 bits per heavy atom. The first-order valence-electron chi connectivity index (χ1n) is 6.65. The van der Waals surface area contributed by atoms with Gasteiger partial charge in [0.2, 0.25) is 0 Å². The van der Waals surface area contributed by atoms with Crippen LogP contribution in [-0.4, -0.2) is 15.7 Å². The van der Waals surface area contributed by atoms with Crippen LogP contribution in [-0.2, 0) is 0 Å². The number of rotatable bonds is 3. The highest BCUT2D eigenvalue weighted by Gasteiger charge is 2.04. The molecule has 0 saturated heterocycles. The average Bonchev–Trinajstić information content (AvgIpc) is 2.46. The molecule has 0 spiro atoms. The fourth-order valence-electron chi connectivity index (χ4n) is 1.99. The molecule has 1 aliphatic carbocycles. The maximum atomic E-state index is 12.0.